The molecule has 4 N–H and O–H groups in total. The number of rotatable bonds is 1. The van der Waals surface area contributed by atoms with Gasteiger partial charge in [-0.1, -0.05) is 6.92 Å². The number of carbonyl (C=O) groups is 1. The molecule has 0 unspecified atom stereocenters. The number of primary amides is 1. The highest BCUT2D eigenvalue weighted by Gasteiger charge is 1.82. The fourth-order valence-corrected chi connectivity index (χ4v) is 0. The first kappa shape index (κ1) is 19.8. The van der Waals surface area contributed by atoms with Crippen molar-refractivity contribution in [1.82, 2.24) is 0 Å². The molecule has 0 aliphatic carbocycles. The second-order valence-electron chi connectivity index (χ2n) is 2.29. The molecule has 0 fully saturated rings. The summed E-state index contributed by atoms with van der Waals surface area (Å²) in [5.74, 6) is -0.245. The number of hydrogen-bond donors (Lipinski definition) is 3. The highest BCUT2D eigenvalue weighted by atomic mass is 32.2. The van der Waals surface area contributed by atoms with Crippen molar-refractivity contribution < 1.29 is 30.7 Å². The number of carbonyl (C=O) groups excluding carboxylic acids is 1. The standard InChI is InChI=1S/C3H7NO.2CH4O3S/c1-2-3(4)5;2*1-5(2,3)4/h2H2,1H3,(H2,4,5);2*1H3,(H,2,3,4). The Hall–Kier alpha value is -0.710. The lowest BCUT2D eigenvalue weighted by Gasteiger charge is -1.73. The van der Waals surface area contributed by atoms with Gasteiger partial charge in [0.15, 0.2) is 0 Å². The lowest BCUT2D eigenvalue weighted by Crippen LogP contribution is -2.06. The van der Waals surface area contributed by atoms with Gasteiger partial charge in [0.05, 0.1) is 12.5 Å². The quantitative estimate of drug-likeness (QED) is 0.508. The first-order valence-corrected chi connectivity index (χ1v) is 7.10. The van der Waals surface area contributed by atoms with E-state index in [1.807, 2.05) is 0 Å². The largest absolute Gasteiger partial charge is 0.370 e. The van der Waals surface area contributed by atoms with Gasteiger partial charge in [0.25, 0.3) is 20.2 Å². The first-order valence-electron chi connectivity index (χ1n) is 3.40. The van der Waals surface area contributed by atoms with Gasteiger partial charge >= 0.3 is 0 Å². The van der Waals surface area contributed by atoms with Crippen molar-refractivity contribution in [3.8, 4) is 0 Å². The summed E-state index contributed by atoms with van der Waals surface area (Å²) in [6, 6.07) is 0. The molecule has 94 valence electrons. The lowest BCUT2D eigenvalue weighted by molar-refractivity contribution is -0.117. The van der Waals surface area contributed by atoms with Gasteiger partial charge < -0.3 is 5.73 Å². The lowest BCUT2D eigenvalue weighted by atomic mass is 10.5. The van der Waals surface area contributed by atoms with E-state index >= 15 is 0 Å². The van der Waals surface area contributed by atoms with Crippen molar-refractivity contribution >= 4 is 26.1 Å². The summed E-state index contributed by atoms with van der Waals surface area (Å²) in [7, 11) is -7.33. The molecule has 0 spiro atoms. The summed E-state index contributed by atoms with van der Waals surface area (Å²) in [6.45, 7) is 1.72. The molecule has 0 aliphatic heterocycles. The van der Waals surface area contributed by atoms with Gasteiger partial charge in [-0.15, -0.1) is 0 Å². The van der Waals surface area contributed by atoms with E-state index < -0.39 is 20.2 Å². The van der Waals surface area contributed by atoms with Crippen molar-refractivity contribution in [2.75, 3.05) is 12.5 Å². The normalized spacial score (nSPS) is 10.2. The van der Waals surface area contributed by atoms with Gasteiger partial charge in [-0.2, -0.15) is 16.8 Å². The number of nitrogens with two attached hydrogens (primary N) is 1. The molecule has 0 saturated carbocycles. The maximum atomic E-state index is 9.59. The molecule has 1 amide bonds. The monoisotopic (exact) mass is 265 g/mol. The second kappa shape index (κ2) is 8.59. The summed E-state index contributed by atoms with van der Waals surface area (Å²) in [4.78, 5) is 9.59. The molecule has 0 radical (unpaired) electrons. The zero-order chi connectivity index (χ0) is 13.3. The van der Waals surface area contributed by atoms with Crippen molar-refractivity contribution in [3.05, 3.63) is 0 Å². The van der Waals surface area contributed by atoms with Crippen LogP contribution in [0.1, 0.15) is 13.3 Å². The van der Waals surface area contributed by atoms with Crippen molar-refractivity contribution in [1.29, 1.82) is 0 Å². The molecule has 0 atom stereocenters. The Bertz CT molecular complexity index is 309. The van der Waals surface area contributed by atoms with Crippen LogP contribution in [0.5, 0.6) is 0 Å². The van der Waals surface area contributed by atoms with E-state index in [1.54, 1.807) is 6.92 Å². The van der Waals surface area contributed by atoms with E-state index in [-0.39, 0.29) is 5.91 Å². The van der Waals surface area contributed by atoms with Crippen LogP contribution >= 0.6 is 0 Å². The van der Waals surface area contributed by atoms with Crippen LogP contribution in [0.4, 0.5) is 0 Å². The topological polar surface area (TPSA) is 152 Å². The molecule has 0 bridgehead atoms. The van der Waals surface area contributed by atoms with Gasteiger partial charge in [-0.3, -0.25) is 13.9 Å². The molecule has 0 heterocycles. The van der Waals surface area contributed by atoms with Gasteiger partial charge in [-0.25, -0.2) is 0 Å². The van der Waals surface area contributed by atoms with Crippen LogP contribution in [-0.4, -0.2) is 44.4 Å². The third-order valence-electron chi connectivity index (χ3n) is 0.348. The highest BCUT2D eigenvalue weighted by molar-refractivity contribution is 7.85. The number of amides is 1. The molecule has 8 nitrogen and oxygen atoms in total. The molecule has 0 aromatic rings. The van der Waals surface area contributed by atoms with Gasteiger partial charge in [0.1, 0.15) is 0 Å². The Kier molecular flexibility index (Phi) is 11.3. The Morgan fingerprint density at radius 2 is 1.13 bits per heavy atom. The van der Waals surface area contributed by atoms with Gasteiger partial charge in [0.2, 0.25) is 5.91 Å². The minimum absolute atomic E-state index is 0.245. The van der Waals surface area contributed by atoms with E-state index in [1.165, 1.54) is 0 Å². The van der Waals surface area contributed by atoms with E-state index in [0.717, 1.165) is 0 Å². The van der Waals surface area contributed by atoms with E-state index in [9.17, 15) is 21.6 Å². The van der Waals surface area contributed by atoms with Crippen LogP contribution < -0.4 is 5.73 Å². The minimum Gasteiger partial charge on any atom is -0.370 e. The molecule has 0 aliphatic rings. The zero-order valence-electron chi connectivity index (χ0n) is 8.54. The summed E-state index contributed by atoms with van der Waals surface area (Å²) in [6.07, 6.45) is 1.87. The molecule has 0 rings (SSSR count). The highest BCUT2D eigenvalue weighted by Crippen LogP contribution is 1.63. The van der Waals surface area contributed by atoms with Crippen molar-refractivity contribution in [3.63, 3.8) is 0 Å². The molecular formula is C5H15NO7S2. The summed E-state index contributed by atoms with van der Waals surface area (Å²) >= 11 is 0. The second-order valence-corrected chi connectivity index (χ2v) is 5.22. The smallest absolute Gasteiger partial charge is 0.261 e. The molecule has 10 heteroatoms. The van der Waals surface area contributed by atoms with Crippen LogP contribution in [0.3, 0.4) is 0 Å². The SMILES string of the molecule is CCC(N)=O.CS(=O)(=O)O.CS(=O)(=O)O. The zero-order valence-corrected chi connectivity index (χ0v) is 10.2. The maximum absolute atomic E-state index is 9.59. The predicted molar refractivity (Wildman–Crippen MR) is 54.4 cm³/mol. The van der Waals surface area contributed by atoms with Crippen LogP contribution in [0, 0.1) is 0 Å². The molecule has 0 aromatic heterocycles. The molecule has 0 saturated heterocycles. The average Bonchev–Trinajstić information content (AvgIpc) is 1.79. The van der Waals surface area contributed by atoms with E-state index in [0.29, 0.717) is 18.9 Å². The van der Waals surface area contributed by atoms with E-state index in [4.69, 9.17) is 9.11 Å². The van der Waals surface area contributed by atoms with Crippen molar-refractivity contribution in [2.45, 2.75) is 13.3 Å². The Balaban J connectivity index is -0.000000144. The van der Waals surface area contributed by atoms with Gasteiger partial charge in [0, 0.05) is 6.42 Å². The Morgan fingerprint density at radius 3 is 1.13 bits per heavy atom. The molecule has 15 heavy (non-hydrogen) atoms. The Labute approximate surface area is 89.0 Å². The van der Waals surface area contributed by atoms with Crippen LogP contribution in [0.25, 0.3) is 0 Å². The van der Waals surface area contributed by atoms with Crippen LogP contribution in [0.2, 0.25) is 0 Å². The van der Waals surface area contributed by atoms with Crippen LogP contribution in [0.15, 0.2) is 0 Å². The van der Waals surface area contributed by atoms with Gasteiger partial charge in [-0.05, 0) is 0 Å². The third kappa shape index (κ3) is 1020. The molecule has 0 aromatic carbocycles. The first-order chi connectivity index (χ1) is 6.27. The third-order valence-corrected chi connectivity index (χ3v) is 0.348. The fraction of sp³-hybridized carbons (Fsp3) is 0.800. The average molecular weight is 265 g/mol. The Morgan fingerprint density at radius 1 is 1.07 bits per heavy atom. The maximum Gasteiger partial charge on any atom is 0.261 e. The summed E-state index contributed by atoms with van der Waals surface area (Å²) < 4.78 is 51.7. The fourth-order valence-electron chi connectivity index (χ4n) is 0. The predicted octanol–water partition coefficient (Wildman–Crippen LogP) is -1.11. The van der Waals surface area contributed by atoms with E-state index in [2.05, 4.69) is 5.73 Å². The molecular weight excluding hydrogens is 250 g/mol. The summed E-state index contributed by atoms with van der Waals surface area (Å²) in [5, 5.41) is 0. The minimum atomic E-state index is -3.67. The van der Waals surface area contributed by atoms with Crippen LogP contribution in [-0.2, 0) is 25.0 Å². The summed E-state index contributed by atoms with van der Waals surface area (Å²) in [5.41, 5.74) is 4.65. The van der Waals surface area contributed by atoms with Crippen molar-refractivity contribution in [2.24, 2.45) is 5.73 Å². The number of hydrogen-bond acceptors (Lipinski definition) is 5.